The molecule has 5 rings (SSSR count). The number of ketones is 4. The predicted molar refractivity (Wildman–Crippen MR) is 150 cm³/mol. The van der Waals surface area contributed by atoms with Gasteiger partial charge in [-0.1, -0.05) is 30.3 Å². The van der Waals surface area contributed by atoms with Crippen molar-refractivity contribution in [2.24, 2.45) is 29.4 Å². The number of hydrogen-bond donors (Lipinski definition) is 3. The summed E-state index contributed by atoms with van der Waals surface area (Å²) in [7, 11) is 6.49. The Balaban J connectivity index is 1.55. The predicted octanol–water partition coefficient (Wildman–Crippen LogP) is 0.508. The van der Waals surface area contributed by atoms with Gasteiger partial charge in [-0.05, 0) is 51.5 Å². The second kappa shape index (κ2) is 10.7. The van der Waals surface area contributed by atoms with Gasteiger partial charge >= 0.3 is 0 Å². The molecule has 11 heteroatoms. The second-order valence-electron chi connectivity index (χ2n) is 11.9. The molecule has 0 spiro atoms. The lowest BCUT2D eigenvalue weighted by Crippen LogP contribution is -2.74. The van der Waals surface area contributed by atoms with E-state index in [1.54, 1.807) is 14.1 Å². The summed E-state index contributed by atoms with van der Waals surface area (Å²) in [5.74, 6) is -10.4. The SMILES string of the molecule is COc1c(CN(C)Cc2ccccc2)cc(O)c2c1C[C@H]1C[C@H]3[C@H](N(C)C)C(=O)C(C(N)=O)C(=O)[C@@]3(O)C(=O)C1C2=O. The first-order valence-corrected chi connectivity index (χ1v) is 13.8. The van der Waals surface area contributed by atoms with Gasteiger partial charge in [0.25, 0.3) is 0 Å². The third kappa shape index (κ3) is 4.43. The molecule has 222 valence electrons. The number of fused-ring (bicyclic) bond motifs is 3. The van der Waals surface area contributed by atoms with E-state index in [9.17, 15) is 34.2 Å². The van der Waals surface area contributed by atoms with Crippen molar-refractivity contribution in [2.75, 3.05) is 28.3 Å². The highest BCUT2D eigenvalue weighted by Crippen LogP contribution is 2.52. The van der Waals surface area contributed by atoms with Crippen LogP contribution in [0.15, 0.2) is 36.4 Å². The summed E-state index contributed by atoms with van der Waals surface area (Å²) in [5.41, 5.74) is 4.70. The van der Waals surface area contributed by atoms with Crippen LogP contribution >= 0.6 is 0 Å². The Kier molecular flexibility index (Phi) is 7.55. The normalized spacial score (nSPS) is 28.9. The number of carbonyl (C=O) groups excluding carboxylic acids is 5. The number of methoxy groups -OCH3 is 1. The van der Waals surface area contributed by atoms with Crippen LogP contribution in [0.1, 0.15) is 33.5 Å². The van der Waals surface area contributed by atoms with E-state index < -0.39 is 64.4 Å². The molecular formula is C31H35N3O8. The molecule has 2 unspecified atom stereocenters. The topological polar surface area (TPSA) is 168 Å². The van der Waals surface area contributed by atoms with Crippen LogP contribution < -0.4 is 10.5 Å². The van der Waals surface area contributed by atoms with Gasteiger partial charge in [0.05, 0.1) is 24.6 Å². The molecule has 0 radical (unpaired) electrons. The fraction of sp³-hybridized carbons (Fsp3) is 0.452. The second-order valence-corrected chi connectivity index (χ2v) is 11.9. The van der Waals surface area contributed by atoms with E-state index >= 15 is 0 Å². The summed E-state index contributed by atoms with van der Waals surface area (Å²) >= 11 is 0. The number of primary amides is 1. The molecule has 0 aromatic heterocycles. The largest absolute Gasteiger partial charge is 0.507 e. The number of rotatable bonds is 7. The number of nitrogens with zero attached hydrogens (tertiary/aromatic N) is 2. The Morgan fingerprint density at radius 1 is 1.07 bits per heavy atom. The number of carbonyl (C=O) groups is 5. The van der Waals surface area contributed by atoms with Crippen LogP contribution in [0.25, 0.3) is 0 Å². The molecule has 2 fully saturated rings. The quantitative estimate of drug-likeness (QED) is 0.395. The highest BCUT2D eigenvalue weighted by molar-refractivity contribution is 6.32. The summed E-state index contributed by atoms with van der Waals surface area (Å²) in [6, 6.07) is 10.1. The summed E-state index contributed by atoms with van der Waals surface area (Å²) in [6.07, 6.45) is 0.116. The lowest BCUT2D eigenvalue weighted by molar-refractivity contribution is -0.181. The van der Waals surface area contributed by atoms with E-state index in [1.807, 2.05) is 42.3 Å². The number of phenols is 1. The monoisotopic (exact) mass is 577 g/mol. The Hall–Kier alpha value is -3.93. The van der Waals surface area contributed by atoms with Gasteiger partial charge in [0.1, 0.15) is 11.5 Å². The molecule has 4 N–H and O–H groups in total. The van der Waals surface area contributed by atoms with Crippen LogP contribution in [-0.2, 0) is 38.7 Å². The maximum absolute atomic E-state index is 13.9. The molecule has 3 aliphatic rings. The van der Waals surface area contributed by atoms with Crippen molar-refractivity contribution < 1.29 is 38.9 Å². The minimum atomic E-state index is -2.75. The number of hydrogen-bond acceptors (Lipinski definition) is 10. The zero-order valence-corrected chi connectivity index (χ0v) is 24.0. The Morgan fingerprint density at radius 2 is 1.74 bits per heavy atom. The van der Waals surface area contributed by atoms with Gasteiger partial charge in [-0.3, -0.25) is 33.8 Å². The third-order valence-electron chi connectivity index (χ3n) is 9.03. The summed E-state index contributed by atoms with van der Waals surface area (Å²) < 4.78 is 5.77. The number of aromatic hydroxyl groups is 1. The van der Waals surface area contributed by atoms with Gasteiger partial charge in [-0.25, -0.2) is 0 Å². The van der Waals surface area contributed by atoms with Crippen molar-refractivity contribution in [2.45, 2.75) is 37.6 Å². The van der Waals surface area contributed by atoms with Gasteiger partial charge in [0.15, 0.2) is 34.7 Å². The number of ether oxygens (including phenoxy) is 1. The van der Waals surface area contributed by atoms with Gasteiger partial charge in [-0.2, -0.15) is 0 Å². The van der Waals surface area contributed by atoms with E-state index in [0.29, 0.717) is 30.0 Å². The molecule has 2 aromatic rings. The molecule has 1 amide bonds. The molecule has 0 saturated heterocycles. The van der Waals surface area contributed by atoms with Crippen molar-refractivity contribution in [3.8, 4) is 11.5 Å². The third-order valence-corrected chi connectivity index (χ3v) is 9.03. The Labute approximate surface area is 243 Å². The number of phenolic OH excluding ortho intramolecular Hbond substituents is 1. The molecule has 42 heavy (non-hydrogen) atoms. The highest BCUT2D eigenvalue weighted by Gasteiger charge is 2.69. The zero-order valence-electron chi connectivity index (χ0n) is 24.0. The minimum Gasteiger partial charge on any atom is -0.507 e. The molecule has 0 heterocycles. The fourth-order valence-corrected chi connectivity index (χ4v) is 7.33. The Bertz CT molecular complexity index is 1490. The number of Topliss-reactive ketones (excluding diaryl/α,β-unsaturated/α-hetero) is 4. The lowest BCUT2D eigenvalue weighted by Gasteiger charge is -2.52. The van der Waals surface area contributed by atoms with E-state index in [1.165, 1.54) is 18.1 Å². The molecule has 2 saturated carbocycles. The van der Waals surface area contributed by atoms with Crippen molar-refractivity contribution in [1.29, 1.82) is 0 Å². The molecule has 6 atom stereocenters. The molecule has 0 aliphatic heterocycles. The van der Waals surface area contributed by atoms with Gasteiger partial charge in [0, 0.05) is 30.1 Å². The van der Waals surface area contributed by atoms with Crippen LogP contribution in [-0.4, -0.2) is 88.9 Å². The maximum atomic E-state index is 13.9. The fourth-order valence-electron chi connectivity index (χ4n) is 7.33. The first kappa shape index (κ1) is 29.6. The number of aliphatic hydroxyl groups is 1. The zero-order chi connectivity index (χ0) is 30.7. The van der Waals surface area contributed by atoms with Crippen LogP contribution in [0.5, 0.6) is 11.5 Å². The van der Waals surface area contributed by atoms with Crippen LogP contribution in [0.4, 0.5) is 0 Å². The maximum Gasteiger partial charge on any atom is 0.235 e. The summed E-state index contributed by atoms with van der Waals surface area (Å²) in [5, 5.41) is 22.8. The first-order valence-electron chi connectivity index (χ1n) is 13.8. The smallest absolute Gasteiger partial charge is 0.235 e. The molecule has 0 bridgehead atoms. The molecule has 11 nitrogen and oxygen atoms in total. The average Bonchev–Trinajstić information content (AvgIpc) is 2.91. The van der Waals surface area contributed by atoms with Crippen molar-refractivity contribution in [3.05, 3.63) is 58.7 Å². The van der Waals surface area contributed by atoms with E-state index in [4.69, 9.17) is 10.5 Å². The van der Waals surface area contributed by atoms with E-state index in [2.05, 4.69) is 0 Å². The van der Waals surface area contributed by atoms with E-state index in [0.717, 1.165) is 5.56 Å². The van der Waals surface area contributed by atoms with E-state index in [-0.39, 0.29) is 24.2 Å². The molecule has 3 aliphatic carbocycles. The number of amides is 1. The first-order chi connectivity index (χ1) is 19.8. The van der Waals surface area contributed by atoms with Gasteiger partial charge < -0.3 is 20.7 Å². The molecule has 2 aromatic carbocycles. The number of nitrogens with two attached hydrogens (primary N) is 1. The van der Waals surface area contributed by atoms with Crippen LogP contribution in [0.3, 0.4) is 0 Å². The van der Waals surface area contributed by atoms with Gasteiger partial charge in [-0.15, -0.1) is 0 Å². The molecular weight excluding hydrogens is 542 g/mol. The van der Waals surface area contributed by atoms with Crippen molar-refractivity contribution >= 4 is 29.0 Å². The number of likely N-dealkylation sites (N-methyl/N-ethyl adjacent to an activating group) is 1. The van der Waals surface area contributed by atoms with Gasteiger partial charge in [0.2, 0.25) is 5.91 Å². The van der Waals surface area contributed by atoms with Crippen LogP contribution in [0, 0.1) is 23.7 Å². The average molecular weight is 578 g/mol. The van der Waals surface area contributed by atoms with Crippen LogP contribution in [0.2, 0.25) is 0 Å². The standard InChI is InChI=1S/C31H35N3O8/c1-33(2)24-19-11-16-10-18-22(25(36)21(16)28(38)31(19,41)29(39)23(26(24)37)30(32)40)20(35)12-17(27(18)42-4)14-34(3)13-15-8-6-5-7-9-15/h5-9,12,16,19,21,23-24,35,41H,10-11,13-14H2,1-4H3,(H2,32,40)/t16-,19-,21?,23?,24-,31-/m0/s1. The summed E-state index contributed by atoms with van der Waals surface area (Å²) in [4.78, 5) is 70.1. The highest BCUT2D eigenvalue weighted by atomic mass is 16.5. The lowest BCUT2D eigenvalue weighted by atomic mass is 9.52. The Morgan fingerprint density at radius 3 is 2.33 bits per heavy atom. The van der Waals surface area contributed by atoms with Crippen molar-refractivity contribution in [1.82, 2.24) is 9.80 Å². The number of benzene rings is 2. The minimum absolute atomic E-state index is 0.0219. The van der Waals surface area contributed by atoms with Crippen molar-refractivity contribution in [3.63, 3.8) is 0 Å². The summed E-state index contributed by atoms with van der Waals surface area (Å²) in [6.45, 7) is 1.02.